The van der Waals surface area contributed by atoms with E-state index in [1.807, 2.05) is 12.1 Å². The summed E-state index contributed by atoms with van der Waals surface area (Å²) in [5.74, 6) is 0.202. The Balaban J connectivity index is 1.47. The second-order valence-electron chi connectivity index (χ2n) is 8.82. The maximum Gasteiger partial charge on any atom is 0.401 e. The molecule has 1 aliphatic heterocycles. The molecule has 2 atom stereocenters. The monoisotopic (exact) mass is 456 g/mol. The molecule has 1 saturated carbocycles. The van der Waals surface area contributed by atoms with Crippen LogP contribution >= 0.6 is 0 Å². The number of anilines is 2. The first-order valence-corrected chi connectivity index (χ1v) is 11.0. The second-order valence-corrected chi connectivity index (χ2v) is 8.82. The third-order valence-electron chi connectivity index (χ3n) is 6.50. The molecule has 10 heteroatoms. The van der Waals surface area contributed by atoms with Gasteiger partial charge in [-0.3, -0.25) is 14.4 Å². The number of fused-ring (bicyclic) bond motifs is 2. The average molecular weight is 456 g/mol. The van der Waals surface area contributed by atoms with E-state index in [4.69, 9.17) is 5.10 Å². The molecular formula is C23H23F3N6O. The van der Waals surface area contributed by atoms with Gasteiger partial charge in [-0.25, -0.2) is 0 Å². The first kappa shape index (κ1) is 21.5. The maximum absolute atomic E-state index is 12.8. The molecule has 2 aromatic heterocycles. The number of hydrogen-bond donors (Lipinski definition) is 2. The van der Waals surface area contributed by atoms with E-state index in [-0.39, 0.29) is 30.6 Å². The Hall–Kier alpha value is -3.32. The highest BCUT2D eigenvalue weighted by atomic mass is 19.4. The molecule has 1 aromatic carbocycles. The molecule has 0 saturated heterocycles. The van der Waals surface area contributed by atoms with Crippen molar-refractivity contribution in [2.45, 2.75) is 51.0 Å². The van der Waals surface area contributed by atoms with Gasteiger partial charge in [-0.2, -0.15) is 23.5 Å². The summed E-state index contributed by atoms with van der Waals surface area (Å²) in [6, 6.07) is 9.47. The lowest BCUT2D eigenvalue weighted by Gasteiger charge is -2.27. The molecule has 2 aliphatic rings. The van der Waals surface area contributed by atoms with Gasteiger partial charge >= 0.3 is 6.18 Å². The Bertz CT molecular complexity index is 1290. The van der Waals surface area contributed by atoms with Crippen molar-refractivity contribution >= 4 is 22.4 Å². The summed E-state index contributed by atoms with van der Waals surface area (Å²) in [6.45, 7) is -0.480. The molecule has 0 bridgehead atoms. The summed E-state index contributed by atoms with van der Waals surface area (Å²) in [6.07, 6.45) is 0.941. The minimum absolute atomic E-state index is 0.112. The quantitative estimate of drug-likeness (QED) is 0.599. The lowest BCUT2D eigenvalue weighted by atomic mass is 9.85. The normalized spacial score (nSPS) is 21.2. The minimum atomic E-state index is -4.24. The van der Waals surface area contributed by atoms with Crippen LogP contribution in [0.25, 0.3) is 10.9 Å². The Kier molecular flexibility index (Phi) is 5.37. The van der Waals surface area contributed by atoms with Gasteiger partial charge < -0.3 is 10.3 Å². The SMILES string of the molecule is N#CC1CCCCC1n1nc(Nc2ccc3c(c2)CN(CC(F)(F)F)C3)c2c(=O)[nH]ccc21. The predicted octanol–water partition coefficient (Wildman–Crippen LogP) is 4.60. The molecular weight excluding hydrogens is 433 g/mol. The van der Waals surface area contributed by atoms with E-state index in [1.54, 1.807) is 23.0 Å². The summed E-state index contributed by atoms with van der Waals surface area (Å²) < 4.78 is 40.1. The van der Waals surface area contributed by atoms with Gasteiger partial charge in [0.1, 0.15) is 5.39 Å². The molecule has 1 fully saturated rings. The third-order valence-corrected chi connectivity index (χ3v) is 6.50. The topological polar surface area (TPSA) is 89.7 Å². The van der Waals surface area contributed by atoms with Gasteiger partial charge in [-0.15, -0.1) is 0 Å². The van der Waals surface area contributed by atoms with Crippen LogP contribution in [0.3, 0.4) is 0 Å². The van der Waals surface area contributed by atoms with E-state index in [0.29, 0.717) is 22.4 Å². The number of halogens is 3. The molecule has 172 valence electrons. The van der Waals surface area contributed by atoms with Gasteiger partial charge in [0.25, 0.3) is 5.56 Å². The van der Waals surface area contributed by atoms with Crippen molar-refractivity contribution in [1.82, 2.24) is 19.7 Å². The number of rotatable bonds is 4. The number of aromatic amines is 1. The van der Waals surface area contributed by atoms with Crippen LogP contribution in [-0.2, 0) is 13.1 Å². The maximum atomic E-state index is 12.8. The molecule has 7 nitrogen and oxygen atoms in total. The number of hydrogen-bond acceptors (Lipinski definition) is 5. The van der Waals surface area contributed by atoms with Crippen LogP contribution in [0.4, 0.5) is 24.7 Å². The molecule has 1 aliphatic carbocycles. The Labute approximate surface area is 187 Å². The fourth-order valence-electron chi connectivity index (χ4n) is 5.04. The highest BCUT2D eigenvalue weighted by Crippen LogP contribution is 2.37. The van der Waals surface area contributed by atoms with Gasteiger partial charge in [0, 0.05) is 25.0 Å². The number of nitrogens with one attached hydrogen (secondary N) is 2. The zero-order valence-electron chi connectivity index (χ0n) is 17.8. The van der Waals surface area contributed by atoms with Crippen LogP contribution in [0.1, 0.15) is 42.9 Å². The van der Waals surface area contributed by atoms with Gasteiger partial charge in [0.15, 0.2) is 5.82 Å². The van der Waals surface area contributed by atoms with Crippen molar-refractivity contribution in [3.05, 3.63) is 51.9 Å². The Morgan fingerprint density at radius 2 is 1.97 bits per heavy atom. The Morgan fingerprint density at radius 3 is 2.76 bits per heavy atom. The zero-order chi connectivity index (χ0) is 23.2. The fourth-order valence-corrected chi connectivity index (χ4v) is 5.04. The van der Waals surface area contributed by atoms with Crippen LogP contribution in [0.15, 0.2) is 35.3 Å². The molecule has 33 heavy (non-hydrogen) atoms. The molecule has 2 N–H and O–H groups in total. The lowest BCUT2D eigenvalue weighted by molar-refractivity contribution is -0.146. The van der Waals surface area contributed by atoms with Gasteiger partial charge in [-0.05, 0) is 42.2 Å². The van der Waals surface area contributed by atoms with Crippen LogP contribution in [0.2, 0.25) is 0 Å². The average Bonchev–Trinajstić information content (AvgIpc) is 3.33. The summed E-state index contributed by atoms with van der Waals surface area (Å²) in [5, 5.41) is 17.9. The molecule has 0 spiro atoms. The molecule has 2 unspecified atom stereocenters. The lowest BCUT2D eigenvalue weighted by Crippen LogP contribution is -2.29. The minimum Gasteiger partial charge on any atom is -0.338 e. The van der Waals surface area contributed by atoms with Crippen LogP contribution in [0.5, 0.6) is 0 Å². The first-order chi connectivity index (χ1) is 15.8. The smallest absolute Gasteiger partial charge is 0.338 e. The van der Waals surface area contributed by atoms with E-state index < -0.39 is 12.7 Å². The second kappa shape index (κ2) is 8.23. The summed E-state index contributed by atoms with van der Waals surface area (Å²) in [4.78, 5) is 16.7. The van der Waals surface area contributed by atoms with E-state index in [0.717, 1.165) is 36.8 Å². The van der Waals surface area contributed by atoms with Gasteiger partial charge in [-0.1, -0.05) is 18.9 Å². The van der Waals surface area contributed by atoms with Crippen molar-refractivity contribution < 1.29 is 13.2 Å². The highest BCUT2D eigenvalue weighted by Gasteiger charge is 2.33. The van der Waals surface area contributed by atoms with Crippen molar-refractivity contribution in [2.24, 2.45) is 5.92 Å². The number of nitrogens with zero attached hydrogens (tertiary/aromatic N) is 4. The number of pyridine rings is 1. The van der Waals surface area contributed by atoms with E-state index >= 15 is 0 Å². The number of alkyl halides is 3. The summed E-state index contributed by atoms with van der Waals surface area (Å²) in [5.41, 5.74) is 2.70. The van der Waals surface area contributed by atoms with Crippen LogP contribution < -0.4 is 10.9 Å². The fraction of sp³-hybridized carbons (Fsp3) is 0.435. The largest absolute Gasteiger partial charge is 0.401 e. The first-order valence-electron chi connectivity index (χ1n) is 11.0. The molecule has 0 amide bonds. The molecule has 3 aromatic rings. The van der Waals surface area contributed by atoms with Gasteiger partial charge in [0.2, 0.25) is 0 Å². The zero-order valence-corrected chi connectivity index (χ0v) is 17.8. The van der Waals surface area contributed by atoms with Gasteiger partial charge in [0.05, 0.1) is 30.1 Å². The van der Waals surface area contributed by atoms with E-state index in [2.05, 4.69) is 16.4 Å². The molecule has 5 rings (SSSR count). The predicted molar refractivity (Wildman–Crippen MR) is 117 cm³/mol. The summed E-state index contributed by atoms with van der Waals surface area (Å²) in [7, 11) is 0. The van der Waals surface area contributed by atoms with Crippen LogP contribution in [0, 0.1) is 17.2 Å². The third kappa shape index (κ3) is 4.20. The standard InChI is InChI=1S/C23H23F3N6O/c24-23(25,26)13-31-11-15-5-6-17(9-16(15)12-31)29-21-20-19(7-8-28-22(20)33)32(30-21)18-4-2-1-3-14(18)10-27/h5-9,14,18H,1-4,11-13H2,(H,28,33)(H,29,30). The Morgan fingerprint density at radius 1 is 1.18 bits per heavy atom. The number of nitriles is 1. The summed E-state index contributed by atoms with van der Waals surface area (Å²) >= 11 is 0. The van der Waals surface area contributed by atoms with E-state index in [9.17, 15) is 23.2 Å². The van der Waals surface area contributed by atoms with Crippen molar-refractivity contribution in [2.75, 3.05) is 11.9 Å². The van der Waals surface area contributed by atoms with E-state index in [1.165, 1.54) is 4.90 Å². The number of aromatic nitrogens is 3. The van der Waals surface area contributed by atoms with Crippen molar-refractivity contribution in [1.29, 1.82) is 5.26 Å². The number of benzene rings is 1. The molecule has 3 heterocycles. The number of H-pyrrole nitrogens is 1. The molecule has 0 radical (unpaired) electrons. The van der Waals surface area contributed by atoms with Crippen LogP contribution in [-0.4, -0.2) is 32.4 Å². The highest BCUT2D eigenvalue weighted by molar-refractivity contribution is 5.91. The van der Waals surface area contributed by atoms with Crippen molar-refractivity contribution in [3.63, 3.8) is 0 Å². The van der Waals surface area contributed by atoms with Crippen molar-refractivity contribution in [3.8, 4) is 6.07 Å².